The van der Waals surface area contributed by atoms with Crippen molar-refractivity contribution >= 4 is 0 Å². The first kappa shape index (κ1) is 15.2. The Morgan fingerprint density at radius 1 is 1.04 bits per heavy atom. The number of hydrogen-bond donors (Lipinski definition) is 2. The number of aryl methyl sites for hydroxylation is 1. The van der Waals surface area contributed by atoms with Gasteiger partial charge >= 0.3 is 0 Å². The standard InChI is InChI=1S/C21H23N3/c1-2-8-17(9-3-1)21(22-15-18-13-14-23-24-18)20-12-6-10-16-7-4-5-11-19(16)20/h1-5,7-9,11,13-14,20-22H,6,10,12,15H2,(H,23,24)/t20-,21+/m1/s1. The van der Waals surface area contributed by atoms with Gasteiger partial charge in [-0.3, -0.25) is 5.10 Å². The molecule has 0 saturated carbocycles. The lowest BCUT2D eigenvalue weighted by Gasteiger charge is -2.33. The van der Waals surface area contributed by atoms with E-state index in [1.165, 1.54) is 36.0 Å². The van der Waals surface area contributed by atoms with Crippen LogP contribution in [0.5, 0.6) is 0 Å². The lowest BCUT2D eigenvalue weighted by atomic mass is 9.76. The first-order chi connectivity index (χ1) is 11.9. The van der Waals surface area contributed by atoms with E-state index < -0.39 is 0 Å². The molecule has 0 saturated heterocycles. The first-order valence-electron chi connectivity index (χ1n) is 8.76. The third-order valence-corrected chi connectivity index (χ3v) is 5.05. The van der Waals surface area contributed by atoms with Gasteiger partial charge in [-0.1, -0.05) is 54.6 Å². The van der Waals surface area contributed by atoms with Crippen molar-refractivity contribution in [2.24, 2.45) is 0 Å². The van der Waals surface area contributed by atoms with E-state index in [4.69, 9.17) is 0 Å². The van der Waals surface area contributed by atoms with Crippen molar-refractivity contribution in [2.45, 2.75) is 37.8 Å². The van der Waals surface area contributed by atoms with E-state index in [-0.39, 0.29) is 0 Å². The van der Waals surface area contributed by atoms with Crippen LogP contribution in [-0.2, 0) is 13.0 Å². The molecule has 3 aromatic rings. The SMILES string of the molecule is c1ccc([C@H](NCc2ccn[nH]2)[C@@H]2CCCc3ccccc32)cc1. The van der Waals surface area contributed by atoms with Crippen LogP contribution < -0.4 is 5.32 Å². The molecular formula is C21H23N3. The fourth-order valence-electron chi connectivity index (χ4n) is 3.89. The molecule has 1 aliphatic carbocycles. The number of aromatic amines is 1. The minimum absolute atomic E-state index is 0.316. The van der Waals surface area contributed by atoms with E-state index in [1.54, 1.807) is 0 Å². The van der Waals surface area contributed by atoms with Crippen molar-refractivity contribution < 1.29 is 0 Å². The van der Waals surface area contributed by atoms with Gasteiger partial charge in [0.2, 0.25) is 0 Å². The van der Waals surface area contributed by atoms with E-state index in [2.05, 4.69) is 70.1 Å². The Labute approximate surface area is 143 Å². The highest BCUT2D eigenvalue weighted by atomic mass is 15.1. The Hall–Kier alpha value is -2.39. The second-order valence-electron chi connectivity index (χ2n) is 6.55. The Morgan fingerprint density at radius 2 is 1.88 bits per heavy atom. The molecule has 2 N–H and O–H groups in total. The van der Waals surface area contributed by atoms with Crippen LogP contribution >= 0.6 is 0 Å². The molecule has 0 bridgehead atoms. The molecule has 0 radical (unpaired) electrons. The van der Waals surface area contributed by atoms with Crippen molar-refractivity contribution in [2.75, 3.05) is 0 Å². The average Bonchev–Trinajstić information content (AvgIpc) is 3.16. The summed E-state index contributed by atoms with van der Waals surface area (Å²) < 4.78 is 0. The number of fused-ring (bicyclic) bond motifs is 1. The highest BCUT2D eigenvalue weighted by molar-refractivity contribution is 5.36. The molecule has 0 aliphatic heterocycles. The van der Waals surface area contributed by atoms with Crippen LogP contribution in [0.25, 0.3) is 0 Å². The number of H-pyrrole nitrogens is 1. The first-order valence-corrected chi connectivity index (χ1v) is 8.76. The Bertz CT molecular complexity index is 765. The summed E-state index contributed by atoms with van der Waals surface area (Å²) in [6, 6.07) is 22.1. The number of benzene rings is 2. The molecule has 4 rings (SSSR count). The lowest BCUT2D eigenvalue weighted by molar-refractivity contribution is 0.398. The predicted molar refractivity (Wildman–Crippen MR) is 96.7 cm³/mol. The number of hydrogen-bond acceptors (Lipinski definition) is 2. The molecule has 1 aliphatic rings. The predicted octanol–water partition coefficient (Wildman–Crippen LogP) is 4.36. The summed E-state index contributed by atoms with van der Waals surface area (Å²) in [6.07, 6.45) is 5.50. The maximum Gasteiger partial charge on any atom is 0.0490 e. The van der Waals surface area contributed by atoms with Crippen LogP contribution in [0, 0.1) is 0 Å². The summed E-state index contributed by atoms with van der Waals surface area (Å²) in [7, 11) is 0. The van der Waals surface area contributed by atoms with Crippen LogP contribution in [0.4, 0.5) is 0 Å². The summed E-state index contributed by atoms with van der Waals surface area (Å²) in [5, 5.41) is 10.9. The maximum atomic E-state index is 4.06. The molecule has 3 heteroatoms. The van der Waals surface area contributed by atoms with E-state index in [9.17, 15) is 0 Å². The second kappa shape index (κ2) is 7.02. The molecular weight excluding hydrogens is 294 g/mol. The van der Waals surface area contributed by atoms with Gasteiger partial charge < -0.3 is 5.32 Å². The van der Waals surface area contributed by atoms with E-state index in [0.29, 0.717) is 12.0 Å². The number of rotatable bonds is 5. The summed E-state index contributed by atoms with van der Waals surface area (Å²) in [4.78, 5) is 0. The van der Waals surface area contributed by atoms with Crippen molar-refractivity contribution in [1.29, 1.82) is 0 Å². The largest absolute Gasteiger partial charge is 0.304 e. The number of aromatic nitrogens is 2. The van der Waals surface area contributed by atoms with Gasteiger partial charge in [0.25, 0.3) is 0 Å². The highest BCUT2D eigenvalue weighted by Crippen LogP contribution is 2.40. The lowest BCUT2D eigenvalue weighted by Crippen LogP contribution is -2.29. The molecule has 0 spiro atoms. The molecule has 122 valence electrons. The Kier molecular flexibility index (Phi) is 4.43. The van der Waals surface area contributed by atoms with Gasteiger partial charge in [-0.15, -0.1) is 0 Å². The quantitative estimate of drug-likeness (QED) is 0.734. The molecule has 0 unspecified atom stereocenters. The third-order valence-electron chi connectivity index (χ3n) is 5.05. The van der Waals surface area contributed by atoms with Crippen molar-refractivity contribution in [3.05, 3.63) is 89.2 Å². The smallest absolute Gasteiger partial charge is 0.0490 e. The van der Waals surface area contributed by atoms with Gasteiger partial charge in [-0.05, 0) is 42.0 Å². The molecule has 0 fully saturated rings. The Morgan fingerprint density at radius 3 is 2.71 bits per heavy atom. The van der Waals surface area contributed by atoms with Crippen molar-refractivity contribution in [3.63, 3.8) is 0 Å². The minimum Gasteiger partial charge on any atom is -0.304 e. The van der Waals surface area contributed by atoms with Crippen LogP contribution in [0.15, 0.2) is 66.9 Å². The number of nitrogens with zero attached hydrogens (tertiary/aromatic N) is 1. The summed E-state index contributed by atoms with van der Waals surface area (Å²) in [6.45, 7) is 0.804. The molecule has 0 amide bonds. The van der Waals surface area contributed by atoms with Crippen LogP contribution in [0.3, 0.4) is 0 Å². The van der Waals surface area contributed by atoms with E-state index in [0.717, 1.165) is 12.2 Å². The monoisotopic (exact) mass is 317 g/mol. The minimum atomic E-state index is 0.316. The summed E-state index contributed by atoms with van der Waals surface area (Å²) in [5.41, 5.74) is 5.51. The molecule has 2 aromatic carbocycles. The molecule has 1 aromatic heterocycles. The zero-order chi connectivity index (χ0) is 16.2. The molecule has 1 heterocycles. The van der Waals surface area contributed by atoms with Gasteiger partial charge in [-0.2, -0.15) is 5.10 Å². The maximum absolute atomic E-state index is 4.06. The Balaban J connectivity index is 1.65. The van der Waals surface area contributed by atoms with Gasteiger partial charge in [0.1, 0.15) is 0 Å². The van der Waals surface area contributed by atoms with Crippen LogP contribution in [0.2, 0.25) is 0 Å². The van der Waals surface area contributed by atoms with Crippen LogP contribution in [0.1, 0.15) is 47.2 Å². The second-order valence-corrected chi connectivity index (χ2v) is 6.55. The number of nitrogens with one attached hydrogen (secondary N) is 2. The highest BCUT2D eigenvalue weighted by Gasteiger charge is 2.28. The molecule has 2 atom stereocenters. The van der Waals surface area contributed by atoms with Gasteiger partial charge in [0.15, 0.2) is 0 Å². The summed E-state index contributed by atoms with van der Waals surface area (Å²) >= 11 is 0. The zero-order valence-electron chi connectivity index (χ0n) is 13.8. The average molecular weight is 317 g/mol. The van der Waals surface area contributed by atoms with Gasteiger partial charge in [-0.25, -0.2) is 0 Å². The van der Waals surface area contributed by atoms with Gasteiger partial charge in [0, 0.05) is 30.4 Å². The van der Waals surface area contributed by atoms with Crippen molar-refractivity contribution in [1.82, 2.24) is 15.5 Å². The topological polar surface area (TPSA) is 40.7 Å². The van der Waals surface area contributed by atoms with Crippen molar-refractivity contribution in [3.8, 4) is 0 Å². The summed E-state index contributed by atoms with van der Waals surface area (Å²) in [5.74, 6) is 0.514. The fraction of sp³-hybridized carbons (Fsp3) is 0.286. The fourth-order valence-corrected chi connectivity index (χ4v) is 3.89. The normalized spacial score (nSPS) is 18.1. The van der Waals surface area contributed by atoms with E-state index >= 15 is 0 Å². The zero-order valence-corrected chi connectivity index (χ0v) is 13.8. The third kappa shape index (κ3) is 3.13. The van der Waals surface area contributed by atoms with Crippen LogP contribution in [-0.4, -0.2) is 10.2 Å². The van der Waals surface area contributed by atoms with E-state index in [1.807, 2.05) is 12.3 Å². The molecule has 24 heavy (non-hydrogen) atoms. The molecule has 3 nitrogen and oxygen atoms in total. The van der Waals surface area contributed by atoms with Gasteiger partial charge in [0.05, 0.1) is 0 Å².